The number of anilines is 3. The van der Waals surface area contributed by atoms with Crippen molar-refractivity contribution in [3.63, 3.8) is 0 Å². The molecule has 5 aromatic rings. The highest BCUT2D eigenvalue weighted by Gasteiger charge is 2.16. The van der Waals surface area contributed by atoms with Gasteiger partial charge < -0.3 is 15.2 Å². The number of aryl methyl sites for hydroxylation is 3. The number of aromatic nitrogens is 3. The fourth-order valence-corrected chi connectivity index (χ4v) is 4.79. The van der Waals surface area contributed by atoms with Gasteiger partial charge in [0.25, 0.3) is 11.5 Å². The van der Waals surface area contributed by atoms with Gasteiger partial charge in [0.15, 0.2) is 0 Å². The molecule has 0 unspecified atom stereocenters. The van der Waals surface area contributed by atoms with Crippen LogP contribution < -0.4 is 16.2 Å². The Balaban J connectivity index is 1.49. The second-order valence-corrected chi connectivity index (χ2v) is 9.03. The van der Waals surface area contributed by atoms with E-state index in [4.69, 9.17) is 0 Å². The third-order valence-electron chi connectivity index (χ3n) is 5.77. The highest BCUT2D eigenvalue weighted by molar-refractivity contribution is 7.17. The Bertz CT molecular complexity index is 1560. The number of pyridine rings is 1. The minimum atomic E-state index is -0.226. The van der Waals surface area contributed by atoms with E-state index in [0.717, 1.165) is 27.0 Å². The number of thiophene rings is 1. The average molecular weight is 482 g/mol. The monoisotopic (exact) mass is 481 g/mol. The standard InChI is InChI=1S/C27H23N5O2S/c1-18-6-2-4-8-22(18)30-23-14-26(33)32(13-11-19-10-12-28-17-29-19)15-24(23)31-27(34)21-16-35-25-9-5-3-7-20(21)25/h2-10,12,14-17,30H,11,13H2,1H3,(H,31,34). The smallest absolute Gasteiger partial charge is 0.257 e. The van der Waals surface area contributed by atoms with Crippen molar-refractivity contribution in [3.8, 4) is 0 Å². The van der Waals surface area contributed by atoms with Gasteiger partial charge in [-0.1, -0.05) is 36.4 Å². The first-order chi connectivity index (χ1) is 17.1. The van der Waals surface area contributed by atoms with E-state index in [0.29, 0.717) is 29.9 Å². The number of amides is 1. The number of nitrogens with one attached hydrogen (secondary N) is 2. The summed E-state index contributed by atoms with van der Waals surface area (Å²) >= 11 is 1.53. The summed E-state index contributed by atoms with van der Waals surface area (Å²) in [5.74, 6) is -0.226. The normalized spacial score (nSPS) is 10.9. The van der Waals surface area contributed by atoms with Gasteiger partial charge in [0.1, 0.15) is 6.33 Å². The molecule has 0 aliphatic carbocycles. The van der Waals surface area contributed by atoms with E-state index < -0.39 is 0 Å². The number of rotatable bonds is 7. The molecular weight excluding hydrogens is 458 g/mol. The van der Waals surface area contributed by atoms with Crippen molar-refractivity contribution in [3.05, 3.63) is 112 Å². The van der Waals surface area contributed by atoms with Gasteiger partial charge in [-0.25, -0.2) is 9.97 Å². The Morgan fingerprint density at radius 1 is 1.03 bits per heavy atom. The number of carbonyl (C=O) groups excluding carboxylic acids is 1. The number of para-hydroxylation sites is 1. The third kappa shape index (κ3) is 4.97. The second kappa shape index (κ2) is 9.90. The van der Waals surface area contributed by atoms with Crippen molar-refractivity contribution in [2.75, 3.05) is 10.6 Å². The molecule has 2 aromatic carbocycles. The van der Waals surface area contributed by atoms with E-state index in [9.17, 15) is 9.59 Å². The van der Waals surface area contributed by atoms with Gasteiger partial charge in [0.2, 0.25) is 0 Å². The van der Waals surface area contributed by atoms with E-state index in [-0.39, 0.29) is 11.5 Å². The molecule has 0 bridgehead atoms. The number of nitrogens with zero attached hydrogens (tertiary/aromatic N) is 3. The van der Waals surface area contributed by atoms with E-state index in [1.54, 1.807) is 17.0 Å². The molecule has 0 aliphatic heterocycles. The van der Waals surface area contributed by atoms with Crippen LogP contribution in [0.2, 0.25) is 0 Å². The van der Waals surface area contributed by atoms with E-state index in [1.165, 1.54) is 23.7 Å². The zero-order valence-electron chi connectivity index (χ0n) is 19.1. The Hall–Kier alpha value is -4.30. The maximum Gasteiger partial charge on any atom is 0.257 e. The lowest BCUT2D eigenvalue weighted by Crippen LogP contribution is -2.23. The number of hydrogen-bond donors (Lipinski definition) is 2. The molecule has 2 N–H and O–H groups in total. The lowest BCUT2D eigenvalue weighted by Gasteiger charge is -2.17. The molecule has 0 saturated carbocycles. The molecule has 3 aromatic heterocycles. The lowest BCUT2D eigenvalue weighted by molar-refractivity contribution is 0.102. The molecule has 3 heterocycles. The summed E-state index contributed by atoms with van der Waals surface area (Å²) in [5, 5.41) is 9.12. The third-order valence-corrected chi connectivity index (χ3v) is 6.73. The summed E-state index contributed by atoms with van der Waals surface area (Å²) in [6.45, 7) is 2.41. The molecule has 174 valence electrons. The van der Waals surface area contributed by atoms with Crippen LogP contribution in [0, 0.1) is 6.92 Å². The molecular formula is C27H23N5O2S. The van der Waals surface area contributed by atoms with Crippen LogP contribution in [0.5, 0.6) is 0 Å². The van der Waals surface area contributed by atoms with Crippen molar-refractivity contribution >= 4 is 44.4 Å². The van der Waals surface area contributed by atoms with Crippen LogP contribution >= 0.6 is 11.3 Å². The summed E-state index contributed by atoms with van der Waals surface area (Å²) in [6, 6.07) is 19.0. The van der Waals surface area contributed by atoms with Crippen molar-refractivity contribution in [2.24, 2.45) is 0 Å². The second-order valence-electron chi connectivity index (χ2n) is 8.12. The minimum absolute atomic E-state index is 0.172. The van der Waals surface area contributed by atoms with Crippen LogP contribution in [0.1, 0.15) is 21.6 Å². The van der Waals surface area contributed by atoms with E-state index >= 15 is 0 Å². The molecule has 0 spiro atoms. The molecule has 7 nitrogen and oxygen atoms in total. The van der Waals surface area contributed by atoms with Crippen molar-refractivity contribution in [1.29, 1.82) is 0 Å². The van der Waals surface area contributed by atoms with Crippen LogP contribution in [0.3, 0.4) is 0 Å². The summed E-state index contributed by atoms with van der Waals surface area (Å²) in [4.78, 5) is 34.4. The van der Waals surface area contributed by atoms with Gasteiger partial charge >= 0.3 is 0 Å². The summed E-state index contributed by atoms with van der Waals surface area (Å²) in [7, 11) is 0. The molecule has 1 amide bonds. The largest absolute Gasteiger partial charge is 0.353 e. The molecule has 0 aliphatic rings. The summed E-state index contributed by atoms with van der Waals surface area (Å²) in [5.41, 5.74) is 4.22. The number of benzene rings is 2. The predicted molar refractivity (Wildman–Crippen MR) is 141 cm³/mol. The minimum Gasteiger partial charge on any atom is -0.353 e. The zero-order chi connectivity index (χ0) is 24.2. The first kappa shape index (κ1) is 22.5. The fourth-order valence-electron chi connectivity index (χ4n) is 3.85. The SMILES string of the molecule is Cc1ccccc1Nc1cc(=O)n(CCc2ccncn2)cc1NC(=O)c1csc2ccccc12. The number of carbonyl (C=O) groups is 1. The maximum atomic E-state index is 13.3. The van der Waals surface area contributed by atoms with Crippen molar-refractivity contribution < 1.29 is 4.79 Å². The van der Waals surface area contributed by atoms with Crippen molar-refractivity contribution in [2.45, 2.75) is 19.9 Å². The van der Waals surface area contributed by atoms with Gasteiger partial charge in [0.05, 0.1) is 16.9 Å². The van der Waals surface area contributed by atoms with Crippen LogP contribution in [0.15, 0.2) is 89.6 Å². The first-order valence-corrected chi connectivity index (χ1v) is 12.1. The van der Waals surface area contributed by atoms with Crippen LogP contribution in [-0.2, 0) is 13.0 Å². The summed E-state index contributed by atoms with van der Waals surface area (Å²) in [6.07, 6.45) is 5.42. The van der Waals surface area contributed by atoms with Gasteiger partial charge in [-0.05, 0) is 30.7 Å². The van der Waals surface area contributed by atoms with Crippen molar-refractivity contribution in [1.82, 2.24) is 14.5 Å². The lowest BCUT2D eigenvalue weighted by atomic mass is 10.1. The molecule has 0 atom stereocenters. The quantitative estimate of drug-likeness (QED) is 0.325. The predicted octanol–water partition coefficient (Wildman–Crippen LogP) is 5.40. The van der Waals surface area contributed by atoms with E-state index in [1.807, 2.05) is 66.9 Å². The number of fused-ring (bicyclic) bond motifs is 1. The fraction of sp³-hybridized carbons (Fsp3) is 0.111. The van der Waals surface area contributed by atoms with Crippen LogP contribution in [-0.4, -0.2) is 20.4 Å². The molecule has 35 heavy (non-hydrogen) atoms. The average Bonchev–Trinajstić information content (AvgIpc) is 3.31. The zero-order valence-corrected chi connectivity index (χ0v) is 19.9. The van der Waals surface area contributed by atoms with Gasteiger partial charge in [-0.2, -0.15) is 0 Å². The molecule has 5 rings (SSSR count). The Kier molecular flexibility index (Phi) is 6.36. The molecule has 0 fully saturated rings. The molecule has 0 radical (unpaired) electrons. The highest BCUT2D eigenvalue weighted by Crippen LogP contribution is 2.29. The summed E-state index contributed by atoms with van der Waals surface area (Å²) < 4.78 is 2.64. The van der Waals surface area contributed by atoms with Crippen LogP contribution in [0.4, 0.5) is 17.1 Å². The maximum absolute atomic E-state index is 13.3. The van der Waals surface area contributed by atoms with Crippen LogP contribution in [0.25, 0.3) is 10.1 Å². The Morgan fingerprint density at radius 3 is 2.69 bits per heavy atom. The van der Waals surface area contributed by atoms with Gasteiger partial charge in [-0.15, -0.1) is 11.3 Å². The molecule has 8 heteroatoms. The Morgan fingerprint density at radius 2 is 1.86 bits per heavy atom. The van der Waals surface area contributed by atoms with Gasteiger partial charge in [0, 0.05) is 58.3 Å². The molecule has 0 saturated heterocycles. The highest BCUT2D eigenvalue weighted by atomic mass is 32.1. The van der Waals surface area contributed by atoms with Gasteiger partial charge in [-0.3, -0.25) is 9.59 Å². The first-order valence-electron chi connectivity index (χ1n) is 11.2. The topological polar surface area (TPSA) is 88.9 Å². The van der Waals surface area contributed by atoms with E-state index in [2.05, 4.69) is 20.6 Å². The Labute approximate surface area is 206 Å². The number of hydrogen-bond acceptors (Lipinski definition) is 6.